The van der Waals surface area contributed by atoms with Crippen LogP contribution in [0.5, 0.6) is 0 Å². The molecule has 2 rings (SSSR count). The van der Waals surface area contributed by atoms with Crippen LogP contribution >= 0.6 is 0 Å². The lowest BCUT2D eigenvalue weighted by Gasteiger charge is -2.04. The largest absolute Gasteiger partial charge is 0.310 e. The van der Waals surface area contributed by atoms with E-state index in [-0.39, 0.29) is 5.91 Å². The number of nitrogens with one attached hydrogen (secondary N) is 1. The molecule has 0 aliphatic carbocycles. The molecule has 4 nitrogen and oxygen atoms in total. The van der Waals surface area contributed by atoms with Crippen molar-refractivity contribution in [1.82, 2.24) is 4.98 Å². The number of aromatic nitrogens is 1. The Bertz CT molecular complexity index is 570. The van der Waals surface area contributed by atoms with Crippen LogP contribution in [0.1, 0.15) is 11.1 Å². The Kier molecular flexibility index (Phi) is 3.67. The van der Waals surface area contributed by atoms with Crippen molar-refractivity contribution in [3.05, 3.63) is 59.8 Å². The van der Waals surface area contributed by atoms with Crippen molar-refractivity contribution < 1.29 is 4.79 Å². The van der Waals surface area contributed by atoms with E-state index in [1.54, 1.807) is 12.1 Å². The molecule has 0 aliphatic heterocycles. The third-order valence-electron chi connectivity index (χ3n) is 2.37. The van der Waals surface area contributed by atoms with Gasteiger partial charge in [-0.25, -0.2) is 4.98 Å². The van der Waals surface area contributed by atoms with Gasteiger partial charge in [0.15, 0.2) is 0 Å². The highest BCUT2D eigenvalue weighted by molar-refractivity contribution is 5.91. The molecule has 0 aliphatic rings. The van der Waals surface area contributed by atoms with E-state index in [2.05, 4.69) is 10.3 Å². The summed E-state index contributed by atoms with van der Waals surface area (Å²) >= 11 is 0. The van der Waals surface area contributed by atoms with E-state index < -0.39 is 0 Å². The standard InChI is InChI=1S/C14H11N3O/c15-9-12-6-7-13(16-10-12)17-14(18)8-11-4-2-1-3-5-11/h1-7,10H,8H2,(H,16,17,18). The van der Waals surface area contributed by atoms with E-state index in [1.807, 2.05) is 36.4 Å². The summed E-state index contributed by atoms with van der Waals surface area (Å²) in [5.41, 5.74) is 1.42. The molecule has 88 valence electrons. The van der Waals surface area contributed by atoms with Gasteiger partial charge in [-0.1, -0.05) is 30.3 Å². The molecule has 0 atom stereocenters. The number of pyridine rings is 1. The number of rotatable bonds is 3. The third kappa shape index (κ3) is 3.16. The smallest absolute Gasteiger partial charge is 0.229 e. The summed E-state index contributed by atoms with van der Waals surface area (Å²) in [6, 6.07) is 14.7. The molecule has 1 aromatic heterocycles. The minimum Gasteiger partial charge on any atom is -0.310 e. The van der Waals surface area contributed by atoms with Gasteiger partial charge in [-0.2, -0.15) is 5.26 Å². The zero-order chi connectivity index (χ0) is 12.8. The van der Waals surface area contributed by atoms with Crippen molar-refractivity contribution in [3.8, 4) is 6.07 Å². The first kappa shape index (κ1) is 11.8. The third-order valence-corrected chi connectivity index (χ3v) is 2.37. The van der Waals surface area contributed by atoms with Gasteiger partial charge in [0.1, 0.15) is 11.9 Å². The molecule has 0 spiro atoms. The molecule has 18 heavy (non-hydrogen) atoms. The summed E-state index contributed by atoms with van der Waals surface area (Å²) in [6.45, 7) is 0. The maximum atomic E-state index is 11.7. The summed E-state index contributed by atoms with van der Waals surface area (Å²) < 4.78 is 0. The lowest BCUT2D eigenvalue weighted by atomic mass is 10.1. The first-order valence-corrected chi connectivity index (χ1v) is 5.48. The maximum Gasteiger partial charge on any atom is 0.229 e. The fourth-order valence-electron chi connectivity index (χ4n) is 1.50. The molecule has 2 aromatic rings. The number of nitrogens with zero attached hydrogens (tertiary/aromatic N) is 2. The molecule has 0 radical (unpaired) electrons. The Morgan fingerprint density at radius 3 is 2.61 bits per heavy atom. The Morgan fingerprint density at radius 1 is 1.22 bits per heavy atom. The fourth-order valence-corrected chi connectivity index (χ4v) is 1.50. The summed E-state index contributed by atoms with van der Waals surface area (Å²) in [6.07, 6.45) is 1.74. The normalized spacial score (nSPS) is 9.50. The van der Waals surface area contributed by atoms with Crippen LogP contribution in [0.3, 0.4) is 0 Å². The average Bonchev–Trinajstić information content (AvgIpc) is 2.40. The highest BCUT2D eigenvalue weighted by Crippen LogP contribution is 2.06. The minimum absolute atomic E-state index is 0.126. The molecule has 1 heterocycles. The van der Waals surface area contributed by atoms with Crippen LogP contribution in [0.25, 0.3) is 0 Å². The van der Waals surface area contributed by atoms with Crippen LogP contribution in [0, 0.1) is 11.3 Å². The molecule has 0 unspecified atom stereocenters. The van der Waals surface area contributed by atoms with Crippen molar-refractivity contribution in [2.45, 2.75) is 6.42 Å². The summed E-state index contributed by atoms with van der Waals surface area (Å²) in [5.74, 6) is 0.327. The lowest BCUT2D eigenvalue weighted by molar-refractivity contribution is -0.115. The van der Waals surface area contributed by atoms with E-state index in [9.17, 15) is 4.79 Å². The second-order valence-electron chi connectivity index (χ2n) is 3.75. The highest BCUT2D eigenvalue weighted by atomic mass is 16.1. The molecule has 0 fully saturated rings. The van der Waals surface area contributed by atoms with E-state index >= 15 is 0 Å². The average molecular weight is 237 g/mol. The zero-order valence-electron chi connectivity index (χ0n) is 9.63. The first-order chi connectivity index (χ1) is 8.78. The van der Waals surface area contributed by atoms with Gasteiger partial charge < -0.3 is 5.32 Å². The first-order valence-electron chi connectivity index (χ1n) is 5.48. The molecular formula is C14H11N3O. The highest BCUT2D eigenvalue weighted by Gasteiger charge is 2.04. The molecule has 0 saturated heterocycles. The van der Waals surface area contributed by atoms with Crippen LogP contribution in [0.15, 0.2) is 48.7 Å². The Morgan fingerprint density at radius 2 is 2.00 bits per heavy atom. The molecule has 4 heteroatoms. The topological polar surface area (TPSA) is 65.8 Å². The molecule has 0 bridgehead atoms. The maximum absolute atomic E-state index is 11.7. The number of hydrogen-bond donors (Lipinski definition) is 1. The van der Waals surface area contributed by atoms with Crippen molar-refractivity contribution in [1.29, 1.82) is 5.26 Å². The molecule has 1 aromatic carbocycles. The van der Waals surface area contributed by atoms with E-state index in [1.165, 1.54) is 6.20 Å². The predicted molar refractivity (Wildman–Crippen MR) is 67.7 cm³/mol. The number of benzene rings is 1. The van der Waals surface area contributed by atoms with Gasteiger partial charge in [-0.05, 0) is 17.7 Å². The van der Waals surface area contributed by atoms with Gasteiger partial charge in [-0.3, -0.25) is 4.79 Å². The van der Waals surface area contributed by atoms with Crippen LogP contribution in [-0.2, 0) is 11.2 Å². The molecule has 1 amide bonds. The number of carbonyl (C=O) groups excluding carboxylic acids is 1. The number of anilines is 1. The van der Waals surface area contributed by atoms with Gasteiger partial charge in [0.25, 0.3) is 0 Å². The lowest BCUT2D eigenvalue weighted by Crippen LogP contribution is -2.15. The monoisotopic (exact) mass is 237 g/mol. The van der Waals surface area contributed by atoms with Gasteiger partial charge in [0.05, 0.1) is 12.0 Å². The number of carbonyl (C=O) groups is 1. The molecule has 1 N–H and O–H groups in total. The van der Waals surface area contributed by atoms with Crippen LogP contribution in [0.2, 0.25) is 0 Å². The van der Waals surface area contributed by atoms with Crippen molar-refractivity contribution in [2.24, 2.45) is 0 Å². The van der Waals surface area contributed by atoms with Crippen LogP contribution in [-0.4, -0.2) is 10.9 Å². The Balaban J connectivity index is 1.97. The number of hydrogen-bond acceptors (Lipinski definition) is 3. The zero-order valence-corrected chi connectivity index (χ0v) is 9.63. The Hall–Kier alpha value is -2.67. The minimum atomic E-state index is -0.126. The quantitative estimate of drug-likeness (QED) is 0.889. The van der Waals surface area contributed by atoms with Crippen molar-refractivity contribution in [2.75, 3.05) is 5.32 Å². The summed E-state index contributed by atoms with van der Waals surface area (Å²) in [5, 5.41) is 11.3. The van der Waals surface area contributed by atoms with Gasteiger partial charge in [0.2, 0.25) is 5.91 Å². The summed E-state index contributed by atoms with van der Waals surface area (Å²) in [4.78, 5) is 15.7. The van der Waals surface area contributed by atoms with E-state index in [0.29, 0.717) is 17.8 Å². The predicted octanol–water partition coefficient (Wildman–Crippen LogP) is 2.13. The SMILES string of the molecule is N#Cc1ccc(NC(=O)Cc2ccccc2)nc1. The summed E-state index contributed by atoms with van der Waals surface area (Å²) in [7, 11) is 0. The molecular weight excluding hydrogens is 226 g/mol. The number of amides is 1. The van der Waals surface area contributed by atoms with E-state index in [4.69, 9.17) is 5.26 Å². The van der Waals surface area contributed by atoms with Gasteiger partial charge in [0, 0.05) is 6.20 Å². The van der Waals surface area contributed by atoms with Crippen LogP contribution < -0.4 is 5.32 Å². The van der Waals surface area contributed by atoms with Crippen LogP contribution in [0.4, 0.5) is 5.82 Å². The van der Waals surface area contributed by atoms with Gasteiger partial charge >= 0.3 is 0 Å². The second kappa shape index (κ2) is 5.60. The van der Waals surface area contributed by atoms with Gasteiger partial charge in [-0.15, -0.1) is 0 Å². The second-order valence-corrected chi connectivity index (χ2v) is 3.75. The number of nitriles is 1. The molecule has 0 saturated carbocycles. The van der Waals surface area contributed by atoms with Crippen molar-refractivity contribution in [3.63, 3.8) is 0 Å². The van der Waals surface area contributed by atoms with Crippen molar-refractivity contribution >= 4 is 11.7 Å². The van der Waals surface area contributed by atoms with E-state index in [0.717, 1.165) is 5.56 Å². The Labute approximate surface area is 105 Å². The fraction of sp³-hybridized carbons (Fsp3) is 0.0714.